The Hall–Kier alpha value is -10.1. The lowest BCUT2D eigenvalue weighted by atomic mass is 10.1. The molecule has 0 aliphatic heterocycles. The van der Waals surface area contributed by atoms with Gasteiger partial charge >= 0.3 is 35.8 Å². The number of carboxylic acids is 6. The smallest absolute Gasteiger partial charge is 0.335 e. The second-order valence-electron chi connectivity index (χ2n) is 16.4. The SMILES string of the molecule is COc1cc(C(=O)O)cc(Cl)c1O.COc1cc(C(=O)O)cc(OC)c1O.COc1cc(C(=O)O)ccc1O.Cc1cc(Br)cc(C)c1O.Cc1cc(C(=O)O)cc(C)c1O.Cc1cc(C(=O)O)ccc1O.O=C(O)c1ccc(O)cc1. The number of carboxylic acid groups (broad SMARTS) is 6. The predicted molar refractivity (Wildman–Crippen MR) is 301 cm³/mol. The maximum absolute atomic E-state index is 10.7. The van der Waals surface area contributed by atoms with Gasteiger partial charge in [0.05, 0.1) is 66.8 Å². The van der Waals surface area contributed by atoms with Gasteiger partial charge in [-0.2, -0.15) is 0 Å². The quantitative estimate of drug-likeness (QED) is 0.0605. The fraction of sp³-hybridized carbons (Fsp3) is 0.158. The maximum Gasteiger partial charge on any atom is 0.335 e. The standard InChI is InChI=1S/C9H10O5.C9H10O3.C8H9BrO.C8H7ClO4.C8H8O4.C8H8O3.C7H6O3/c1-13-6-3-5(9(11)12)4-7(14-2)8(6)10;1-5-3-7(9(11)12)4-6(2)8(5)10;1-5-3-7(9)4-6(2)8(5)10;1-13-6-3-4(8(11)12)2-5(9)7(6)10;1-12-7-4-5(8(10)11)2-3-6(7)9;1-5-4-6(8(10)11)2-3-7(5)9;8-6-3-1-5(2-4-6)7(9)10/h3-4,10H,1-2H3,(H,11,12);3-4,10H,1-2H3,(H,11,12);3-4,10H,1-2H3;2-3,10H,1H3,(H,11,12);2-4,9H,1H3,(H,10,11);2-4,9H,1H3,(H,10,11);1-4,8H,(H,9,10). The van der Waals surface area contributed by atoms with Crippen LogP contribution in [0.5, 0.6) is 63.2 Å². The van der Waals surface area contributed by atoms with E-state index in [-0.39, 0.29) is 95.9 Å². The third-order valence-electron chi connectivity index (χ3n) is 10.4. The summed E-state index contributed by atoms with van der Waals surface area (Å²) in [5.41, 5.74) is 4.21. The Morgan fingerprint density at radius 2 is 0.634 bits per heavy atom. The van der Waals surface area contributed by atoms with E-state index in [0.29, 0.717) is 22.4 Å². The van der Waals surface area contributed by atoms with Crippen LogP contribution in [0, 0.1) is 34.6 Å². The molecule has 0 atom stereocenters. The molecule has 13 N–H and O–H groups in total. The summed E-state index contributed by atoms with van der Waals surface area (Å²) in [6, 6.07) is 24.9. The van der Waals surface area contributed by atoms with Crippen molar-refractivity contribution in [1.29, 1.82) is 0 Å². The van der Waals surface area contributed by atoms with Crippen molar-refractivity contribution in [2.45, 2.75) is 34.6 Å². The molecular formula is C57H58BrClO23. The van der Waals surface area contributed by atoms with Crippen molar-refractivity contribution in [3.63, 3.8) is 0 Å². The number of phenolic OH excluding ortho intramolecular Hbond substituents is 7. The number of carbonyl (C=O) groups is 6. The Morgan fingerprint density at radius 1 is 0.341 bits per heavy atom. The van der Waals surface area contributed by atoms with Crippen molar-refractivity contribution in [3.8, 4) is 63.2 Å². The molecule has 0 radical (unpaired) electrons. The summed E-state index contributed by atoms with van der Waals surface area (Å²) < 4.78 is 20.0. The number of methoxy groups -OCH3 is 4. The fourth-order valence-electron chi connectivity index (χ4n) is 6.06. The van der Waals surface area contributed by atoms with Crippen LogP contribution in [0.3, 0.4) is 0 Å². The average molecular weight is 1230 g/mol. The molecule has 7 aromatic carbocycles. The Labute approximate surface area is 481 Å². The molecule has 0 aromatic heterocycles. The highest BCUT2D eigenvalue weighted by molar-refractivity contribution is 9.10. The monoisotopic (exact) mass is 1220 g/mol. The molecule has 82 heavy (non-hydrogen) atoms. The molecule has 0 fully saturated rings. The highest BCUT2D eigenvalue weighted by atomic mass is 79.9. The van der Waals surface area contributed by atoms with Crippen LogP contribution in [0.15, 0.2) is 114 Å². The molecule has 0 heterocycles. The van der Waals surface area contributed by atoms with Gasteiger partial charge in [-0.3, -0.25) is 0 Å². The molecule has 0 bridgehead atoms. The van der Waals surface area contributed by atoms with Gasteiger partial charge in [0.2, 0.25) is 5.75 Å². The number of aromatic carboxylic acids is 6. The van der Waals surface area contributed by atoms with Gasteiger partial charge in [-0.15, -0.1) is 0 Å². The van der Waals surface area contributed by atoms with E-state index in [1.807, 2.05) is 26.0 Å². The summed E-state index contributed by atoms with van der Waals surface area (Å²) in [4.78, 5) is 62.8. The van der Waals surface area contributed by atoms with Crippen LogP contribution < -0.4 is 18.9 Å². The van der Waals surface area contributed by atoms with E-state index in [9.17, 15) is 49.2 Å². The van der Waals surface area contributed by atoms with Crippen LogP contribution in [0.2, 0.25) is 5.02 Å². The first-order chi connectivity index (χ1) is 38.2. The zero-order valence-corrected chi connectivity index (χ0v) is 47.4. The molecule has 438 valence electrons. The van der Waals surface area contributed by atoms with Gasteiger partial charge in [-0.25, -0.2) is 28.8 Å². The summed E-state index contributed by atoms with van der Waals surface area (Å²) in [6.07, 6.45) is 0. The first-order valence-electron chi connectivity index (χ1n) is 22.9. The van der Waals surface area contributed by atoms with Crippen LogP contribution in [0.4, 0.5) is 0 Å². The van der Waals surface area contributed by atoms with Crippen molar-refractivity contribution in [3.05, 3.63) is 180 Å². The van der Waals surface area contributed by atoms with Crippen molar-refractivity contribution in [2.24, 2.45) is 0 Å². The third kappa shape index (κ3) is 22.3. The molecule has 23 nitrogen and oxygen atoms in total. The molecular weight excluding hydrogens is 1170 g/mol. The van der Waals surface area contributed by atoms with Crippen molar-refractivity contribution in [2.75, 3.05) is 28.4 Å². The van der Waals surface area contributed by atoms with Crippen LogP contribution in [0.25, 0.3) is 0 Å². The third-order valence-corrected chi connectivity index (χ3v) is 11.1. The van der Waals surface area contributed by atoms with E-state index < -0.39 is 35.8 Å². The van der Waals surface area contributed by atoms with E-state index in [1.54, 1.807) is 20.8 Å². The molecule has 0 unspecified atom stereocenters. The van der Waals surface area contributed by atoms with E-state index in [1.165, 1.54) is 119 Å². The van der Waals surface area contributed by atoms with Crippen LogP contribution >= 0.6 is 27.5 Å². The lowest BCUT2D eigenvalue weighted by Gasteiger charge is -2.08. The molecule has 0 saturated carbocycles. The molecule has 7 aromatic rings. The lowest BCUT2D eigenvalue weighted by molar-refractivity contribution is 0.0685. The second-order valence-corrected chi connectivity index (χ2v) is 17.7. The second kappa shape index (κ2) is 33.4. The molecule has 0 aliphatic carbocycles. The highest BCUT2D eigenvalue weighted by Crippen LogP contribution is 2.37. The average Bonchev–Trinajstić information content (AvgIpc) is 3.43. The van der Waals surface area contributed by atoms with Crippen LogP contribution in [0.1, 0.15) is 90.0 Å². The minimum absolute atomic E-state index is 0.00324. The van der Waals surface area contributed by atoms with Crippen LogP contribution in [-0.4, -0.2) is 131 Å². The van der Waals surface area contributed by atoms with E-state index in [4.69, 9.17) is 76.5 Å². The number of phenols is 7. The number of hydrogen-bond acceptors (Lipinski definition) is 17. The first kappa shape index (κ1) is 69.9. The number of aryl methyl sites for hydroxylation is 5. The molecule has 25 heteroatoms. The normalized spacial score (nSPS) is 9.60. The Balaban J connectivity index is 0.000000480. The zero-order chi connectivity index (χ0) is 62.9. The summed E-state index contributed by atoms with van der Waals surface area (Å²) >= 11 is 8.88. The van der Waals surface area contributed by atoms with E-state index in [2.05, 4.69) is 15.9 Å². The largest absolute Gasteiger partial charge is 0.508 e. The maximum atomic E-state index is 10.7. The predicted octanol–water partition coefficient (Wildman–Crippen LogP) is 10.9. The lowest BCUT2D eigenvalue weighted by Crippen LogP contribution is -1.98. The number of rotatable bonds is 10. The Kier molecular flexibility index (Phi) is 28.5. The summed E-state index contributed by atoms with van der Waals surface area (Å²) in [5, 5.41) is 116. The highest BCUT2D eigenvalue weighted by Gasteiger charge is 2.16. The zero-order valence-electron chi connectivity index (χ0n) is 45.0. The number of benzene rings is 7. The number of halogens is 2. The molecule has 0 spiro atoms. The van der Waals surface area contributed by atoms with Gasteiger partial charge in [0, 0.05) is 4.47 Å². The van der Waals surface area contributed by atoms with Crippen molar-refractivity contribution in [1.82, 2.24) is 0 Å². The first-order valence-corrected chi connectivity index (χ1v) is 24.0. The molecule has 0 amide bonds. The minimum Gasteiger partial charge on any atom is -0.508 e. The van der Waals surface area contributed by atoms with Gasteiger partial charge < -0.3 is 85.3 Å². The number of hydrogen-bond donors (Lipinski definition) is 13. The van der Waals surface area contributed by atoms with E-state index >= 15 is 0 Å². The topological polar surface area (TPSA) is 402 Å². The van der Waals surface area contributed by atoms with Crippen LogP contribution in [-0.2, 0) is 0 Å². The Bertz CT molecular complexity index is 3310. The molecule has 7 rings (SSSR count). The van der Waals surface area contributed by atoms with Gasteiger partial charge in [-0.05, 0) is 172 Å². The molecule has 0 saturated heterocycles. The van der Waals surface area contributed by atoms with Crippen molar-refractivity contribution >= 4 is 63.3 Å². The summed E-state index contributed by atoms with van der Waals surface area (Å²) in [5.74, 6) is -5.65. The minimum atomic E-state index is -1.12. The molecule has 0 aliphatic rings. The fourth-order valence-corrected chi connectivity index (χ4v) is 6.95. The summed E-state index contributed by atoms with van der Waals surface area (Å²) in [7, 11) is 5.35. The van der Waals surface area contributed by atoms with Gasteiger partial charge in [0.1, 0.15) is 23.0 Å². The van der Waals surface area contributed by atoms with Crippen molar-refractivity contribution < 1.29 is 114 Å². The Morgan fingerprint density at radius 3 is 1.00 bits per heavy atom. The van der Waals surface area contributed by atoms with Gasteiger partial charge in [0.15, 0.2) is 34.5 Å². The van der Waals surface area contributed by atoms with Gasteiger partial charge in [-0.1, -0.05) is 27.5 Å². The number of ether oxygens (including phenoxy) is 4. The summed E-state index contributed by atoms with van der Waals surface area (Å²) in [6.45, 7) is 8.77. The van der Waals surface area contributed by atoms with E-state index in [0.717, 1.165) is 21.7 Å². The van der Waals surface area contributed by atoms with Gasteiger partial charge in [0.25, 0.3) is 0 Å². The number of aromatic hydroxyl groups is 7.